The molecule has 0 fully saturated rings. The second kappa shape index (κ2) is 6.03. The van der Waals surface area contributed by atoms with Crippen molar-refractivity contribution in [3.8, 4) is 5.75 Å². The summed E-state index contributed by atoms with van der Waals surface area (Å²) in [7, 11) is 1.59. The molecule has 2 N–H and O–H groups in total. The summed E-state index contributed by atoms with van der Waals surface area (Å²) < 4.78 is 5.38. The molecule has 4 nitrogen and oxygen atoms in total. The first-order valence-corrected chi connectivity index (χ1v) is 4.80. The normalized spacial score (nSPS) is 9.73. The Hall–Kier alpha value is -1.55. The molecule has 0 aliphatic heterocycles. The van der Waals surface area contributed by atoms with Gasteiger partial charge in [-0.15, -0.1) is 0 Å². The lowest BCUT2D eigenvalue weighted by atomic mass is 10.2. The maximum absolute atomic E-state index is 10.9. The molecule has 0 heterocycles. The summed E-state index contributed by atoms with van der Waals surface area (Å²) in [4.78, 5) is 10.9. The highest BCUT2D eigenvalue weighted by Gasteiger charge is 2.02. The Bertz CT molecular complexity index is 325. The number of benzene rings is 1. The molecule has 0 radical (unpaired) electrons. The van der Waals surface area contributed by atoms with E-state index in [2.05, 4.69) is 5.32 Å². The first-order valence-electron chi connectivity index (χ1n) is 4.80. The van der Waals surface area contributed by atoms with Gasteiger partial charge in [0.1, 0.15) is 5.75 Å². The van der Waals surface area contributed by atoms with E-state index < -0.39 is 0 Å². The van der Waals surface area contributed by atoms with E-state index in [1.807, 2.05) is 12.1 Å². The van der Waals surface area contributed by atoms with Crippen LogP contribution in [0.1, 0.15) is 12.0 Å². The molecule has 4 heteroatoms. The summed E-state index contributed by atoms with van der Waals surface area (Å²) in [5.41, 5.74) is 0.731. The zero-order chi connectivity index (χ0) is 11.1. The fourth-order valence-electron chi connectivity index (χ4n) is 1.15. The first kappa shape index (κ1) is 11.5. The van der Waals surface area contributed by atoms with E-state index in [-0.39, 0.29) is 12.5 Å². The number of aliphatic hydroxyl groups excluding tert-OH is 1. The van der Waals surface area contributed by atoms with Crippen molar-refractivity contribution in [1.29, 1.82) is 0 Å². The van der Waals surface area contributed by atoms with Crippen molar-refractivity contribution in [2.75, 3.05) is 13.7 Å². The van der Waals surface area contributed by atoms with Gasteiger partial charge in [-0.1, -0.05) is 18.2 Å². The quantitative estimate of drug-likeness (QED) is 0.750. The van der Waals surface area contributed by atoms with Gasteiger partial charge in [-0.25, -0.2) is 0 Å². The van der Waals surface area contributed by atoms with Gasteiger partial charge in [0.2, 0.25) is 5.91 Å². The maximum atomic E-state index is 10.9. The van der Waals surface area contributed by atoms with Gasteiger partial charge >= 0.3 is 0 Å². The Labute approximate surface area is 88.9 Å². The van der Waals surface area contributed by atoms with Gasteiger partial charge in [0.25, 0.3) is 0 Å². The molecule has 82 valence electrons. The third-order valence-corrected chi connectivity index (χ3v) is 2.01. The van der Waals surface area contributed by atoms with Gasteiger partial charge in [0, 0.05) is 12.6 Å². The number of aliphatic hydroxyl groups is 1. The minimum absolute atomic E-state index is 0.0588. The van der Waals surface area contributed by atoms with Crippen LogP contribution in [0.2, 0.25) is 0 Å². The van der Waals surface area contributed by atoms with Gasteiger partial charge in [-0.2, -0.15) is 0 Å². The third-order valence-electron chi connectivity index (χ3n) is 2.01. The maximum Gasteiger partial charge on any atom is 0.223 e. The number of nitrogens with one attached hydrogen (secondary N) is 1. The highest BCUT2D eigenvalue weighted by atomic mass is 16.5. The monoisotopic (exact) mass is 209 g/mol. The second-order valence-corrected chi connectivity index (χ2v) is 3.04. The van der Waals surface area contributed by atoms with E-state index in [9.17, 15) is 4.79 Å². The van der Waals surface area contributed by atoms with Crippen LogP contribution >= 0.6 is 0 Å². The van der Waals surface area contributed by atoms with Gasteiger partial charge in [-0.05, 0) is 6.07 Å². The molecule has 1 aromatic carbocycles. The summed E-state index contributed by atoms with van der Waals surface area (Å²) in [6.07, 6.45) is 0.316. The summed E-state index contributed by atoms with van der Waals surface area (Å²) in [6, 6.07) is 7.22. The predicted molar refractivity (Wildman–Crippen MR) is 56.5 cm³/mol. The minimum Gasteiger partial charge on any atom is -0.493 e. The Kier molecular flexibility index (Phi) is 4.63. The number of hydrogen-bond acceptors (Lipinski definition) is 3. The zero-order valence-electron chi connectivity index (χ0n) is 8.69. The topological polar surface area (TPSA) is 58.6 Å². The minimum atomic E-state index is -0.0594. The van der Waals surface area contributed by atoms with Crippen LogP contribution in [0.25, 0.3) is 0 Å². The van der Waals surface area contributed by atoms with Gasteiger partial charge < -0.3 is 15.2 Å². The lowest BCUT2D eigenvalue weighted by molar-refractivity contribution is -0.121. The number of rotatable bonds is 5. The Balaban J connectivity index is 2.46. The van der Waals surface area contributed by atoms with Crippen LogP contribution in [-0.4, -0.2) is 24.7 Å². The largest absolute Gasteiger partial charge is 0.493 e. The number of carbonyl (C=O) groups is 1. The molecule has 1 aromatic rings. The molecule has 0 saturated carbocycles. The SMILES string of the molecule is CNC(=O)CCOc1ccccc1CO. The molecule has 0 spiro atoms. The fourth-order valence-corrected chi connectivity index (χ4v) is 1.15. The second-order valence-electron chi connectivity index (χ2n) is 3.04. The highest BCUT2D eigenvalue weighted by Crippen LogP contribution is 2.17. The van der Waals surface area contributed by atoms with E-state index in [0.717, 1.165) is 5.56 Å². The van der Waals surface area contributed by atoms with E-state index in [0.29, 0.717) is 18.8 Å². The number of hydrogen-bond donors (Lipinski definition) is 2. The van der Waals surface area contributed by atoms with Crippen LogP contribution in [0.3, 0.4) is 0 Å². The van der Waals surface area contributed by atoms with Crippen LogP contribution in [0.15, 0.2) is 24.3 Å². The number of ether oxygens (including phenoxy) is 1. The smallest absolute Gasteiger partial charge is 0.223 e. The van der Waals surface area contributed by atoms with Crippen LogP contribution in [0, 0.1) is 0 Å². The average molecular weight is 209 g/mol. The summed E-state index contributed by atoms with van der Waals surface area (Å²) >= 11 is 0. The highest BCUT2D eigenvalue weighted by molar-refractivity contribution is 5.75. The molecule has 15 heavy (non-hydrogen) atoms. The first-order chi connectivity index (χ1) is 7.27. The van der Waals surface area contributed by atoms with Crippen LogP contribution in [0.5, 0.6) is 5.75 Å². The van der Waals surface area contributed by atoms with Crippen LogP contribution < -0.4 is 10.1 Å². The van der Waals surface area contributed by atoms with Crippen molar-refractivity contribution in [1.82, 2.24) is 5.32 Å². The summed E-state index contributed by atoms with van der Waals surface area (Å²) in [6.45, 7) is 0.257. The van der Waals surface area contributed by atoms with Crippen LogP contribution in [0.4, 0.5) is 0 Å². The van der Waals surface area contributed by atoms with E-state index >= 15 is 0 Å². The van der Waals surface area contributed by atoms with E-state index in [4.69, 9.17) is 9.84 Å². The van der Waals surface area contributed by atoms with Gasteiger partial charge in [0.05, 0.1) is 19.6 Å². The molecule has 0 unspecified atom stereocenters. The summed E-state index contributed by atoms with van der Waals surface area (Å²) in [5.74, 6) is 0.570. The lowest BCUT2D eigenvalue weighted by Crippen LogP contribution is -2.20. The van der Waals surface area contributed by atoms with Crippen molar-refractivity contribution < 1.29 is 14.6 Å². The molecule has 1 amide bonds. The average Bonchev–Trinajstić information content (AvgIpc) is 2.29. The molecular formula is C11H15NO3. The molecule has 0 aliphatic rings. The van der Waals surface area contributed by atoms with Crippen LogP contribution in [-0.2, 0) is 11.4 Å². The summed E-state index contributed by atoms with van der Waals surface area (Å²) in [5, 5.41) is 11.5. The van der Waals surface area contributed by atoms with E-state index in [1.165, 1.54) is 0 Å². The van der Waals surface area contributed by atoms with Crippen molar-refractivity contribution in [2.24, 2.45) is 0 Å². The van der Waals surface area contributed by atoms with Crippen molar-refractivity contribution in [3.63, 3.8) is 0 Å². The molecule has 0 saturated heterocycles. The fraction of sp³-hybridized carbons (Fsp3) is 0.364. The molecule has 0 bridgehead atoms. The van der Waals surface area contributed by atoms with Crippen molar-refractivity contribution in [2.45, 2.75) is 13.0 Å². The number of amides is 1. The molecule has 0 atom stereocenters. The standard InChI is InChI=1S/C11H15NO3/c1-12-11(14)6-7-15-10-5-3-2-4-9(10)8-13/h2-5,13H,6-8H2,1H3,(H,12,14). The predicted octanol–water partition coefficient (Wildman–Crippen LogP) is 0.694. The molecule has 0 aromatic heterocycles. The Morgan fingerprint density at radius 1 is 1.47 bits per heavy atom. The Morgan fingerprint density at radius 2 is 2.20 bits per heavy atom. The van der Waals surface area contributed by atoms with E-state index in [1.54, 1.807) is 19.2 Å². The van der Waals surface area contributed by atoms with Crippen molar-refractivity contribution in [3.05, 3.63) is 29.8 Å². The number of carbonyl (C=O) groups excluding carboxylic acids is 1. The molecule has 1 rings (SSSR count). The molecule has 0 aliphatic carbocycles. The van der Waals surface area contributed by atoms with Crippen molar-refractivity contribution >= 4 is 5.91 Å². The van der Waals surface area contributed by atoms with Gasteiger partial charge in [0.15, 0.2) is 0 Å². The zero-order valence-corrected chi connectivity index (χ0v) is 8.69. The lowest BCUT2D eigenvalue weighted by Gasteiger charge is -2.08. The Morgan fingerprint density at radius 3 is 2.87 bits per heavy atom. The number of para-hydroxylation sites is 1. The molecular weight excluding hydrogens is 194 g/mol. The van der Waals surface area contributed by atoms with Gasteiger partial charge in [-0.3, -0.25) is 4.79 Å². The third kappa shape index (κ3) is 3.59.